The Morgan fingerprint density at radius 2 is 1.17 bits per heavy atom. The molecular formula is C19H27NO3. The number of aryl methyl sites for hydroxylation is 2. The fourth-order valence-corrected chi connectivity index (χ4v) is 2.06. The zero-order valence-electron chi connectivity index (χ0n) is 15.1. The summed E-state index contributed by atoms with van der Waals surface area (Å²) in [6.45, 7) is 4.07. The lowest BCUT2D eigenvalue weighted by Crippen LogP contribution is -2.07. The lowest BCUT2D eigenvalue weighted by Gasteiger charge is -2.12. The summed E-state index contributed by atoms with van der Waals surface area (Å²) in [4.78, 5) is 2.10. The maximum Gasteiger partial charge on any atom is 0.203 e. The van der Waals surface area contributed by atoms with Gasteiger partial charge < -0.3 is 19.1 Å². The van der Waals surface area contributed by atoms with Gasteiger partial charge in [-0.1, -0.05) is 17.7 Å². The van der Waals surface area contributed by atoms with E-state index in [0.29, 0.717) is 17.2 Å². The molecule has 2 rings (SSSR count). The highest BCUT2D eigenvalue weighted by Gasteiger charge is 2.10. The summed E-state index contributed by atoms with van der Waals surface area (Å²) in [5.74, 6) is 2.02. The lowest BCUT2D eigenvalue weighted by atomic mass is 10.2. The Labute approximate surface area is 139 Å². The molecule has 4 nitrogen and oxygen atoms in total. The van der Waals surface area contributed by atoms with Crippen LogP contribution < -0.4 is 19.1 Å². The number of anilines is 1. The van der Waals surface area contributed by atoms with Gasteiger partial charge in [0, 0.05) is 19.8 Å². The molecule has 0 saturated heterocycles. The first-order valence-electron chi connectivity index (χ1n) is 7.43. The normalized spacial score (nSPS) is 9.52. The highest BCUT2D eigenvalue weighted by molar-refractivity contribution is 5.53. The summed E-state index contributed by atoms with van der Waals surface area (Å²) < 4.78 is 15.5. The molecule has 0 radical (unpaired) electrons. The van der Waals surface area contributed by atoms with Crippen LogP contribution in [0, 0.1) is 13.8 Å². The molecular weight excluding hydrogens is 290 g/mol. The maximum atomic E-state index is 5.16. The predicted octanol–water partition coefficient (Wildman–Crippen LogP) is 4.08. The molecule has 0 aliphatic carbocycles. The average molecular weight is 317 g/mol. The first-order valence-corrected chi connectivity index (χ1v) is 7.43. The van der Waals surface area contributed by atoms with Crippen molar-refractivity contribution < 1.29 is 14.2 Å². The van der Waals surface area contributed by atoms with Gasteiger partial charge in [-0.15, -0.1) is 0 Å². The third-order valence-electron chi connectivity index (χ3n) is 3.36. The van der Waals surface area contributed by atoms with Crippen molar-refractivity contribution in [2.75, 3.05) is 40.3 Å². The Morgan fingerprint density at radius 1 is 0.696 bits per heavy atom. The SMILES string of the molecule is COc1cc(C)cc(OC)c1OC.Cc1ccc(N(C)C)cc1. The van der Waals surface area contributed by atoms with Crippen molar-refractivity contribution in [2.45, 2.75) is 13.8 Å². The van der Waals surface area contributed by atoms with Crippen LogP contribution in [0.4, 0.5) is 5.69 Å². The third-order valence-corrected chi connectivity index (χ3v) is 3.36. The minimum Gasteiger partial charge on any atom is -0.493 e. The first-order chi connectivity index (χ1) is 10.9. The van der Waals surface area contributed by atoms with E-state index in [2.05, 4.69) is 36.1 Å². The van der Waals surface area contributed by atoms with Crippen molar-refractivity contribution in [1.29, 1.82) is 0 Å². The molecule has 0 saturated carbocycles. The van der Waals surface area contributed by atoms with Crippen molar-refractivity contribution in [3.05, 3.63) is 47.5 Å². The van der Waals surface area contributed by atoms with Gasteiger partial charge in [0.25, 0.3) is 0 Å². The summed E-state index contributed by atoms with van der Waals surface area (Å²) in [5.41, 5.74) is 3.64. The van der Waals surface area contributed by atoms with E-state index < -0.39 is 0 Å². The van der Waals surface area contributed by atoms with Crippen molar-refractivity contribution in [1.82, 2.24) is 0 Å². The van der Waals surface area contributed by atoms with Crippen LogP contribution in [0.25, 0.3) is 0 Å². The molecule has 0 fully saturated rings. The van der Waals surface area contributed by atoms with E-state index in [1.807, 2.05) is 33.2 Å². The smallest absolute Gasteiger partial charge is 0.203 e. The molecule has 0 heterocycles. The zero-order chi connectivity index (χ0) is 17.4. The number of benzene rings is 2. The highest BCUT2D eigenvalue weighted by Crippen LogP contribution is 2.37. The van der Waals surface area contributed by atoms with Crippen LogP contribution in [0.1, 0.15) is 11.1 Å². The molecule has 0 aliphatic rings. The van der Waals surface area contributed by atoms with Crippen LogP contribution in [-0.4, -0.2) is 35.4 Å². The van der Waals surface area contributed by atoms with Gasteiger partial charge in [-0.2, -0.15) is 0 Å². The van der Waals surface area contributed by atoms with Crippen LogP contribution in [0.15, 0.2) is 36.4 Å². The molecule has 0 aliphatic heterocycles. The second-order valence-corrected chi connectivity index (χ2v) is 5.43. The van der Waals surface area contributed by atoms with Gasteiger partial charge in [-0.3, -0.25) is 0 Å². The molecule has 126 valence electrons. The van der Waals surface area contributed by atoms with Crippen LogP contribution in [0.5, 0.6) is 17.2 Å². The number of rotatable bonds is 4. The van der Waals surface area contributed by atoms with Gasteiger partial charge in [-0.25, -0.2) is 0 Å². The van der Waals surface area contributed by atoms with Gasteiger partial charge in [0.05, 0.1) is 21.3 Å². The van der Waals surface area contributed by atoms with E-state index in [-0.39, 0.29) is 0 Å². The average Bonchev–Trinajstić information content (AvgIpc) is 2.54. The summed E-state index contributed by atoms with van der Waals surface area (Å²) in [7, 11) is 8.90. The summed E-state index contributed by atoms with van der Waals surface area (Å²) in [6, 6.07) is 12.3. The van der Waals surface area contributed by atoms with Crippen molar-refractivity contribution >= 4 is 5.69 Å². The van der Waals surface area contributed by atoms with E-state index in [9.17, 15) is 0 Å². The number of hydrogen-bond donors (Lipinski definition) is 0. The maximum absolute atomic E-state index is 5.16. The molecule has 0 atom stereocenters. The van der Waals surface area contributed by atoms with Crippen molar-refractivity contribution in [2.24, 2.45) is 0 Å². The highest BCUT2D eigenvalue weighted by atomic mass is 16.5. The minimum atomic E-state index is 0.635. The number of hydrogen-bond acceptors (Lipinski definition) is 4. The Bertz CT molecular complexity index is 582. The molecule has 23 heavy (non-hydrogen) atoms. The molecule has 2 aromatic carbocycles. The molecule has 0 amide bonds. The van der Waals surface area contributed by atoms with Crippen LogP contribution >= 0.6 is 0 Å². The molecule has 2 aromatic rings. The lowest BCUT2D eigenvalue weighted by molar-refractivity contribution is 0.324. The van der Waals surface area contributed by atoms with Gasteiger partial charge in [0.2, 0.25) is 5.75 Å². The van der Waals surface area contributed by atoms with Gasteiger partial charge in [-0.05, 0) is 43.7 Å². The van der Waals surface area contributed by atoms with E-state index in [1.54, 1.807) is 21.3 Å². The predicted molar refractivity (Wildman–Crippen MR) is 96.3 cm³/mol. The van der Waals surface area contributed by atoms with E-state index in [1.165, 1.54) is 11.3 Å². The fraction of sp³-hybridized carbons (Fsp3) is 0.368. The third kappa shape index (κ3) is 5.40. The van der Waals surface area contributed by atoms with Gasteiger partial charge >= 0.3 is 0 Å². The molecule has 0 N–H and O–H groups in total. The Balaban J connectivity index is 0.000000238. The van der Waals surface area contributed by atoms with Gasteiger partial charge in [0.15, 0.2) is 11.5 Å². The molecule has 0 unspecified atom stereocenters. The van der Waals surface area contributed by atoms with Crippen LogP contribution in [-0.2, 0) is 0 Å². The molecule has 0 spiro atoms. The van der Waals surface area contributed by atoms with Crippen LogP contribution in [0.3, 0.4) is 0 Å². The van der Waals surface area contributed by atoms with Gasteiger partial charge in [0.1, 0.15) is 0 Å². The minimum absolute atomic E-state index is 0.635. The Hall–Kier alpha value is -2.36. The van der Waals surface area contributed by atoms with Crippen molar-refractivity contribution in [3.8, 4) is 17.2 Å². The Kier molecular flexibility index (Phi) is 7.26. The Morgan fingerprint density at radius 3 is 1.52 bits per heavy atom. The summed E-state index contributed by atoms with van der Waals surface area (Å²) >= 11 is 0. The second-order valence-electron chi connectivity index (χ2n) is 5.43. The largest absolute Gasteiger partial charge is 0.493 e. The quantitative estimate of drug-likeness (QED) is 0.850. The topological polar surface area (TPSA) is 30.9 Å². The summed E-state index contributed by atoms with van der Waals surface area (Å²) in [5, 5.41) is 0. The van der Waals surface area contributed by atoms with E-state index >= 15 is 0 Å². The second kappa shape index (κ2) is 8.93. The summed E-state index contributed by atoms with van der Waals surface area (Å²) in [6.07, 6.45) is 0. The fourth-order valence-electron chi connectivity index (χ4n) is 2.06. The van der Waals surface area contributed by atoms with E-state index in [4.69, 9.17) is 14.2 Å². The molecule has 0 bridgehead atoms. The number of ether oxygens (including phenoxy) is 3. The van der Waals surface area contributed by atoms with E-state index in [0.717, 1.165) is 5.56 Å². The molecule has 0 aromatic heterocycles. The zero-order valence-corrected chi connectivity index (χ0v) is 15.1. The van der Waals surface area contributed by atoms with Crippen LogP contribution in [0.2, 0.25) is 0 Å². The number of nitrogens with zero attached hydrogens (tertiary/aromatic N) is 1. The molecule has 4 heteroatoms. The number of methoxy groups -OCH3 is 3. The first kappa shape index (κ1) is 18.7. The monoisotopic (exact) mass is 317 g/mol. The van der Waals surface area contributed by atoms with Crippen molar-refractivity contribution in [3.63, 3.8) is 0 Å². The standard InChI is InChI=1S/C10H14O3.C9H13N/c1-7-5-8(11-2)10(13-4)9(6-7)12-3;1-8-4-6-9(7-5-8)10(2)3/h5-6H,1-4H3;4-7H,1-3H3.